The van der Waals surface area contributed by atoms with E-state index in [0.717, 1.165) is 13.0 Å². The van der Waals surface area contributed by atoms with E-state index >= 15 is 0 Å². The number of nitrogens with one attached hydrogen (secondary N) is 1. The third kappa shape index (κ3) is 3.32. The zero-order chi connectivity index (χ0) is 13.0. The molecule has 1 N–H and O–H groups in total. The Balaban J connectivity index is 1.95. The van der Waals surface area contributed by atoms with Gasteiger partial charge in [-0.2, -0.15) is 0 Å². The summed E-state index contributed by atoms with van der Waals surface area (Å²) < 4.78 is 12.9. The quantitative estimate of drug-likeness (QED) is 0.813. The monoisotopic (exact) mass is 249 g/mol. The van der Waals surface area contributed by atoms with Crippen LogP contribution in [0.4, 0.5) is 4.39 Å². The molecule has 18 heavy (non-hydrogen) atoms. The number of benzene rings is 1. The summed E-state index contributed by atoms with van der Waals surface area (Å²) in [4.78, 5) is 0. The van der Waals surface area contributed by atoms with Gasteiger partial charge in [0.15, 0.2) is 0 Å². The van der Waals surface area contributed by atoms with Crippen molar-refractivity contribution in [3.8, 4) is 0 Å². The van der Waals surface area contributed by atoms with E-state index in [0.29, 0.717) is 11.5 Å². The molecule has 1 aromatic carbocycles. The summed E-state index contributed by atoms with van der Waals surface area (Å²) >= 11 is 0. The lowest BCUT2D eigenvalue weighted by Crippen LogP contribution is -2.32. The van der Waals surface area contributed by atoms with Crippen molar-refractivity contribution < 1.29 is 4.39 Å². The molecule has 0 amide bonds. The molecule has 0 spiro atoms. The molecule has 1 nitrogen and oxygen atoms in total. The third-order valence-corrected chi connectivity index (χ3v) is 4.27. The van der Waals surface area contributed by atoms with Gasteiger partial charge in [0.05, 0.1) is 0 Å². The van der Waals surface area contributed by atoms with Crippen LogP contribution in [-0.2, 0) is 0 Å². The van der Waals surface area contributed by atoms with Gasteiger partial charge >= 0.3 is 0 Å². The van der Waals surface area contributed by atoms with Gasteiger partial charge in [-0.05, 0) is 42.4 Å². The van der Waals surface area contributed by atoms with Crippen LogP contribution < -0.4 is 5.32 Å². The van der Waals surface area contributed by atoms with Gasteiger partial charge in [-0.1, -0.05) is 38.8 Å². The van der Waals surface area contributed by atoms with E-state index in [1.54, 1.807) is 12.1 Å². The zero-order valence-electron chi connectivity index (χ0n) is 11.5. The lowest BCUT2D eigenvalue weighted by atomic mass is 9.88. The van der Waals surface area contributed by atoms with Crippen molar-refractivity contribution in [1.29, 1.82) is 0 Å². The molecule has 1 aliphatic rings. The molecule has 100 valence electrons. The van der Waals surface area contributed by atoms with E-state index in [4.69, 9.17) is 0 Å². The average molecular weight is 249 g/mol. The van der Waals surface area contributed by atoms with E-state index in [9.17, 15) is 4.39 Å². The molecule has 1 aromatic rings. The minimum atomic E-state index is -0.156. The Labute approximate surface area is 110 Å². The summed E-state index contributed by atoms with van der Waals surface area (Å²) in [5.41, 5.74) is 1.66. The highest BCUT2D eigenvalue weighted by Gasteiger charge is 2.28. The first-order chi connectivity index (χ1) is 8.63. The van der Waals surface area contributed by atoms with Crippen LogP contribution in [-0.4, -0.2) is 6.54 Å². The summed E-state index contributed by atoms with van der Waals surface area (Å²) in [6, 6.07) is 7.25. The van der Waals surface area contributed by atoms with E-state index in [-0.39, 0.29) is 5.82 Å². The van der Waals surface area contributed by atoms with Crippen molar-refractivity contribution in [2.45, 2.75) is 52.0 Å². The first-order valence-electron chi connectivity index (χ1n) is 7.12. The minimum absolute atomic E-state index is 0.156. The second-order valence-corrected chi connectivity index (χ2v) is 5.91. The molecule has 1 atom stereocenters. The van der Waals surface area contributed by atoms with Crippen molar-refractivity contribution >= 4 is 0 Å². The van der Waals surface area contributed by atoms with Crippen LogP contribution in [0.2, 0.25) is 0 Å². The number of halogens is 1. The highest BCUT2D eigenvalue weighted by Crippen LogP contribution is 2.37. The van der Waals surface area contributed by atoms with Crippen LogP contribution in [0.1, 0.15) is 57.6 Å². The average Bonchev–Trinajstić information content (AvgIpc) is 2.79. The van der Waals surface area contributed by atoms with E-state index in [2.05, 4.69) is 19.2 Å². The van der Waals surface area contributed by atoms with Gasteiger partial charge in [-0.3, -0.25) is 0 Å². The van der Waals surface area contributed by atoms with E-state index in [1.165, 1.54) is 31.2 Å². The summed E-state index contributed by atoms with van der Waals surface area (Å²) in [7, 11) is 0. The lowest BCUT2D eigenvalue weighted by Gasteiger charge is -2.27. The molecule has 1 saturated carbocycles. The van der Waals surface area contributed by atoms with Crippen LogP contribution in [0, 0.1) is 11.2 Å². The molecule has 0 aromatic heterocycles. The Hall–Kier alpha value is -0.890. The van der Waals surface area contributed by atoms with Crippen LogP contribution in [0.3, 0.4) is 0 Å². The van der Waals surface area contributed by atoms with Crippen molar-refractivity contribution in [2.75, 3.05) is 6.54 Å². The summed E-state index contributed by atoms with van der Waals surface area (Å²) in [5.74, 6) is -0.156. The molecule has 0 aliphatic heterocycles. The minimum Gasteiger partial charge on any atom is -0.309 e. The zero-order valence-corrected chi connectivity index (χ0v) is 11.5. The van der Waals surface area contributed by atoms with Crippen LogP contribution in [0.25, 0.3) is 0 Å². The molecule has 1 unspecified atom stereocenters. The first kappa shape index (κ1) is 13.5. The molecular weight excluding hydrogens is 225 g/mol. The predicted octanol–water partition coefficient (Wildman–Crippen LogP) is 4.45. The Morgan fingerprint density at radius 2 is 1.83 bits per heavy atom. The summed E-state index contributed by atoms with van der Waals surface area (Å²) in [6.45, 7) is 5.63. The fraction of sp³-hybridized carbons (Fsp3) is 0.625. The van der Waals surface area contributed by atoms with Gasteiger partial charge < -0.3 is 5.32 Å². The van der Waals surface area contributed by atoms with Gasteiger partial charge in [-0.15, -0.1) is 0 Å². The highest BCUT2D eigenvalue weighted by molar-refractivity contribution is 5.19. The van der Waals surface area contributed by atoms with Crippen molar-refractivity contribution in [3.05, 3.63) is 35.6 Å². The molecule has 1 fully saturated rings. The SMILES string of the molecule is CCC(NCC1(C)CCCC1)c1ccc(F)cc1. The van der Waals surface area contributed by atoms with Crippen molar-refractivity contribution in [1.82, 2.24) is 5.32 Å². The predicted molar refractivity (Wildman–Crippen MR) is 74.0 cm³/mol. The molecule has 0 heterocycles. The normalized spacial score (nSPS) is 19.9. The van der Waals surface area contributed by atoms with Crippen molar-refractivity contribution in [3.63, 3.8) is 0 Å². The van der Waals surface area contributed by atoms with Crippen LogP contribution >= 0.6 is 0 Å². The third-order valence-electron chi connectivity index (χ3n) is 4.27. The Morgan fingerprint density at radius 1 is 1.22 bits per heavy atom. The summed E-state index contributed by atoms with van der Waals surface area (Å²) in [5, 5.41) is 3.67. The number of rotatable bonds is 5. The maximum Gasteiger partial charge on any atom is 0.123 e. The standard InChI is InChI=1S/C16H24FN/c1-3-15(13-6-8-14(17)9-7-13)18-12-16(2)10-4-5-11-16/h6-9,15,18H,3-5,10-12H2,1-2H3. The second-order valence-electron chi connectivity index (χ2n) is 5.91. The molecule has 0 radical (unpaired) electrons. The second kappa shape index (κ2) is 5.83. The number of hydrogen-bond acceptors (Lipinski definition) is 1. The van der Waals surface area contributed by atoms with Gasteiger partial charge in [0.25, 0.3) is 0 Å². The van der Waals surface area contributed by atoms with E-state index < -0.39 is 0 Å². The molecular formula is C16H24FN. The first-order valence-corrected chi connectivity index (χ1v) is 7.12. The lowest BCUT2D eigenvalue weighted by molar-refractivity contribution is 0.295. The maximum atomic E-state index is 12.9. The fourth-order valence-electron chi connectivity index (χ4n) is 2.97. The summed E-state index contributed by atoms with van der Waals surface area (Å²) in [6.07, 6.45) is 6.44. The van der Waals surface area contributed by atoms with Gasteiger partial charge in [0, 0.05) is 12.6 Å². The van der Waals surface area contributed by atoms with Crippen molar-refractivity contribution in [2.24, 2.45) is 5.41 Å². The molecule has 0 saturated heterocycles. The van der Waals surface area contributed by atoms with Gasteiger partial charge in [0.1, 0.15) is 5.82 Å². The topological polar surface area (TPSA) is 12.0 Å². The largest absolute Gasteiger partial charge is 0.309 e. The molecule has 2 rings (SSSR count). The Morgan fingerprint density at radius 3 is 2.39 bits per heavy atom. The molecule has 0 bridgehead atoms. The smallest absolute Gasteiger partial charge is 0.123 e. The van der Waals surface area contributed by atoms with Crippen LogP contribution in [0.5, 0.6) is 0 Å². The van der Waals surface area contributed by atoms with Gasteiger partial charge in [-0.25, -0.2) is 4.39 Å². The van der Waals surface area contributed by atoms with Crippen LogP contribution in [0.15, 0.2) is 24.3 Å². The Kier molecular flexibility index (Phi) is 4.39. The van der Waals surface area contributed by atoms with E-state index in [1.807, 2.05) is 12.1 Å². The Bertz CT molecular complexity index is 365. The number of hydrogen-bond donors (Lipinski definition) is 1. The molecule has 1 aliphatic carbocycles. The fourth-order valence-corrected chi connectivity index (χ4v) is 2.97. The van der Waals surface area contributed by atoms with Gasteiger partial charge in [0.2, 0.25) is 0 Å². The molecule has 2 heteroatoms. The maximum absolute atomic E-state index is 12.9. The highest BCUT2D eigenvalue weighted by atomic mass is 19.1.